The van der Waals surface area contributed by atoms with E-state index in [1.807, 2.05) is 49.4 Å². The van der Waals surface area contributed by atoms with Gasteiger partial charge in [-0.05, 0) is 36.8 Å². The van der Waals surface area contributed by atoms with Crippen molar-refractivity contribution in [2.45, 2.75) is 24.8 Å². The van der Waals surface area contributed by atoms with Crippen LogP contribution in [0.25, 0.3) is 10.2 Å². The summed E-state index contributed by atoms with van der Waals surface area (Å²) in [4.78, 5) is 19.6. The molecular weight excluding hydrogens is 464 g/mol. The third kappa shape index (κ3) is 5.01. The fourth-order valence-corrected chi connectivity index (χ4v) is 5.78. The molecule has 8 heteroatoms. The van der Waals surface area contributed by atoms with Crippen molar-refractivity contribution in [2.24, 2.45) is 0 Å². The summed E-state index contributed by atoms with van der Waals surface area (Å²) in [6.45, 7) is 2.19. The van der Waals surface area contributed by atoms with Crippen molar-refractivity contribution in [3.05, 3.63) is 88.9 Å². The number of halogens is 1. The summed E-state index contributed by atoms with van der Waals surface area (Å²) in [6.07, 6.45) is -0.146. The minimum absolute atomic E-state index is 0.146. The zero-order valence-electron chi connectivity index (χ0n) is 17.4. The second kappa shape index (κ2) is 9.40. The smallest absolute Gasteiger partial charge is 0.230 e. The Balaban J connectivity index is 1.61. The Labute approximate surface area is 196 Å². The predicted octanol–water partition coefficient (Wildman–Crippen LogP) is 5.66. The lowest BCUT2D eigenvalue weighted by Crippen LogP contribution is -2.31. The van der Waals surface area contributed by atoms with Gasteiger partial charge in [-0.25, -0.2) is 13.4 Å². The van der Waals surface area contributed by atoms with Crippen LogP contribution in [0.4, 0.5) is 5.13 Å². The van der Waals surface area contributed by atoms with Crippen LogP contribution in [0.5, 0.6) is 0 Å². The van der Waals surface area contributed by atoms with Gasteiger partial charge in [0.25, 0.3) is 0 Å². The molecule has 4 aromatic rings. The summed E-state index contributed by atoms with van der Waals surface area (Å²) in [5.41, 5.74) is 2.53. The molecule has 0 atom stereocenters. The maximum atomic E-state index is 13.2. The zero-order valence-corrected chi connectivity index (χ0v) is 19.8. The number of para-hydroxylation sites is 1. The number of carbonyl (C=O) groups excluding carboxylic acids is 1. The topological polar surface area (TPSA) is 67.3 Å². The van der Waals surface area contributed by atoms with Crippen molar-refractivity contribution in [1.29, 1.82) is 0 Å². The molecule has 1 aromatic heterocycles. The van der Waals surface area contributed by atoms with Crippen LogP contribution in [0.1, 0.15) is 17.5 Å². The van der Waals surface area contributed by atoms with Crippen LogP contribution >= 0.6 is 22.9 Å². The average molecular weight is 485 g/mol. The van der Waals surface area contributed by atoms with Gasteiger partial charge in [0.1, 0.15) is 5.52 Å². The van der Waals surface area contributed by atoms with E-state index in [9.17, 15) is 13.2 Å². The lowest BCUT2D eigenvalue weighted by atomic mass is 10.2. The van der Waals surface area contributed by atoms with Crippen LogP contribution in [0.15, 0.2) is 77.7 Å². The minimum atomic E-state index is -3.58. The fraction of sp³-hybridized carbons (Fsp3) is 0.167. The first-order chi connectivity index (χ1) is 15.3. The Morgan fingerprint density at radius 2 is 1.72 bits per heavy atom. The molecule has 0 aliphatic carbocycles. The molecule has 1 amide bonds. The highest BCUT2D eigenvalue weighted by Crippen LogP contribution is 2.34. The quantitative estimate of drug-likeness (QED) is 0.339. The second-order valence-corrected chi connectivity index (χ2v) is 11.0. The Bertz CT molecular complexity index is 1350. The first-order valence-electron chi connectivity index (χ1n) is 10.0. The van der Waals surface area contributed by atoms with Gasteiger partial charge in [0.05, 0.1) is 26.9 Å². The molecule has 0 N–H and O–H groups in total. The van der Waals surface area contributed by atoms with Gasteiger partial charge in [-0.2, -0.15) is 0 Å². The minimum Gasteiger partial charge on any atom is -0.284 e. The fourth-order valence-electron chi connectivity index (χ4n) is 3.27. The summed E-state index contributed by atoms with van der Waals surface area (Å²) in [7, 11) is -3.58. The van der Waals surface area contributed by atoms with Crippen LogP contribution in [0.2, 0.25) is 5.02 Å². The number of benzene rings is 3. The molecule has 0 aliphatic heterocycles. The van der Waals surface area contributed by atoms with Gasteiger partial charge in [0.15, 0.2) is 15.0 Å². The lowest BCUT2D eigenvalue weighted by Gasteiger charge is -2.20. The zero-order chi connectivity index (χ0) is 22.7. The monoisotopic (exact) mass is 484 g/mol. The molecule has 164 valence electrons. The Hall–Kier alpha value is -2.74. The van der Waals surface area contributed by atoms with E-state index in [4.69, 9.17) is 11.6 Å². The molecule has 0 radical (unpaired) electrons. The largest absolute Gasteiger partial charge is 0.284 e. The number of sulfone groups is 1. The predicted molar refractivity (Wildman–Crippen MR) is 130 cm³/mol. The molecule has 32 heavy (non-hydrogen) atoms. The third-order valence-electron chi connectivity index (χ3n) is 5.04. The number of amides is 1. The highest BCUT2D eigenvalue weighted by molar-refractivity contribution is 7.91. The number of nitrogens with zero attached hydrogens (tertiary/aromatic N) is 2. The number of anilines is 1. The Morgan fingerprint density at radius 1 is 1.00 bits per heavy atom. The summed E-state index contributed by atoms with van der Waals surface area (Å²) in [6, 6.07) is 21.7. The first kappa shape index (κ1) is 22.5. The molecule has 1 heterocycles. The van der Waals surface area contributed by atoms with Crippen LogP contribution < -0.4 is 4.90 Å². The SMILES string of the molecule is Cc1ccc(S(=O)(=O)CCC(=O)N(Cc2ccccc2)c2nc3c(Cl)cccc3s2)cc1. The van der Waals surface area contributed by atoms with Gasteiger partial charge >= 0.3 is 0 Å². The van der Waals surface area contributed by atoms with E-state index in [0.717, 1.165) is 15.8 Å². The number of carbonyl (C=O) groups is 1. The van der Waals surface area contributed by atoms with E-state index in [2.05, 4.69) is 4.98 Å². The number of fused-ring (bicyclic) bond motifs is 1. The van der Waals surface area contributed by atoms with Crippen LogP contribution in [-0.2, 0) is 21.2 Å². The highest BCUT2D eigenvalue weighted by Gasteiger charge is 2.24. The number of aryl methyl sites for hydroxylation is 1. The molecule has 0 saturated heterocycles. The number of rotatable bonds is 7. The number of aromatic nitrogens is 1. The van der Waals surface area contributed by atoms with Crippen molar-refractivity contribution in [2.75, 3.05) is 10.7 Å². The average Bonchev–Trinajstić information content (AvgIpc) is 3.22. The summed E-state index contributed by atoms with van der Waals surface area (Å²) < 4.78 is 26.4. The van der Waals surface area contributed by atoms with E-state index >= 15 is 0 Å². The van der Waals surface area contributed by atoms with Gasteiger partial charge < -0.3 is 0 Å². The van der Waals surface area contributed by atoms with Gasteiger partial charge in [0.2, 0.25) is 5.91 Å². The lowest BCUT2D eigenvalue weighted by molar-refractivity contribution is -0.118. The first-order valence-corrected chi connectivity index (χ1v) is 12.9. The van der Waals surface area contributed by atoms with E-state index in [0.29, 0.717) is 22.2 Å². The maximum absolute atomic E-state index is 13.2. The molecule has 0 bridgehead atoms. The molecular formula is C24H21ClN2O3S2. The summed E-state index contributed by atoms with van der Waals surface area (Å²) in [5.74, 6) is -0.578. The molecule has 3 aromatic carbocycles. The van der Waals surface area contributed by atoms with Crippen LogP contribution in [0, 0.1) is 6.92 Å². The van der Waals surface area contributed by atoms with Crippen molar-refractivity contribution in [1.82, 2.24) is 4.98 Å². The van der Waals surface area contributed by atoms with Gasteiger partial charge in [-0.15, -0.1) is 0 Å². The van der Waals surface area contributed by atoms with E-state index in [-0.39, 0.29) is 23.0 Å². The Kier molecular flexibility index (Phi) is 6.60. The molecule has 0 spiro atoms. The number of hydrogen-bond donors (Lipinski definition) is 0. The maximum Gasteiger partial charge on any atom is 0.230 e. The Morgan fingerprint density at radius 3 is 2.41 bits per heavy atom. The molecule has 0 saturated carbocycles. The summed E-state index contributed by atoms with van der Waals surface area (Å²) >= 11 is 7.63. The van der Waals surface area contributed by atoms with Crippen molar-refractivity contribution in [3.63, 3.8) is 0 Å². The van der Waals surface area contributed by atoms with Gasteiger partial charge in [-0.3, -0.25) is 9.69 Å². The van der Waals surface area contributed by atoms with Gasteiger partial charge in [-0.1, -0.05) is 77.0 Å². The van der Waals surface area contributed by atoms with E-state index in [1.54, 1.807) is 35.2 Å². The van der Waals surface area contributed by atoms with Crippen LogP contribution in [-0.4, -0.2) is 25.1 Å². The molecule has 4 rings (SSSR count). The van der Waals surface area contributed by atoms with Crippen molar-refractivity contribution >= 4 is 54.0 Å². The number of thiazole rings is 1. The molecule has 0 fully saturated rings. The summed E-state index contributed by atoms with van der Waals surface area (Å²) in [5, 5.41) is 1.01. The molecule has 0 aliphatic rings. The van der Waals surface area contributed by atoms with Crippen molar-refractivity contribution in [3.8, 4) is 0 Å². The van der Waals surface area contributed by atoms with Crippen LogP contribution in [0.3, 0.4) is 0 Å². The second-order valence-electron chi connectivity index (χ2n) is 7.43. The third-order valence-corrected chi connectivity index (χ3v) is 8.12. The molecule has 5 nitrogen and oxygen atoms in total. The van der Waals surface area contributed by atoms with E-state index in [1.165, 1.54) is 11.3 Å². The van der Waals surface area contributed by atoms with Crippen molar-refractivity contribution < 1.29 is 13.2 Å². The number of hydrogen-bond acceptors (Lipinski definition) is 5. The normalized spacial score (nSPS) is 11.6. The molecule has 0 unspecified atom stereocenters. The standard InChI is InChI=1S/C24H21ClN2O3S2/c1-17-10-12-19(13-11-17)32(29,30)15-14-22(28)27(16-18-6-3-2-4-7-18)24-26-23-20(25)8-5-9-21(23)31-24/h2-13H,14-16H2,1H3. The highest BCUT2D eigenvalue weighted by atomic mass is 35.5. The van der Waals surface area contributed by atoms with Gasteiger partial charge in [0, 0.05) is 6.42 Å². The van der Waals surface area contributed by atoms with E-state index < -0.39 is 9.84 Å².